The molecule has 0 radical (unpaired) electrons. The van der Waals surface area contributed by atoms with Crippen LogP contribution in [0.15, 0.2) is 6.33 Å². The van der Waals surface area contributed by atoms with Gasteiger partial charge in [0.25, 0.3) is 0 Å². The van der Waals surface area contributed by atoms with Gasteiger partial charge in [-0.05, 0) is 11.8 Å². The summed E-state index contributed by atoms with van der Waals surface area (Å²) in [5.41, 5.74) is 11.4. The average Bonchev–Trinajstić information content (AvgIpc) is 2.53. The van der Waals surface area contributed by atoms with Gasteiger partial charge in [0, 0.05) is 0 Å². The zero-order valence-corrected chi connectivity index (χ0v) is 9.42. The maximum Gasteiger partial charge on any atom is 0.200 e. The van der Waals surface area contributed by atoms with Crippen LogP contribution >= 0.6 is 19.7 Å². The van der Waals surface area contributed by atoms with E-state index in [2.05, 4.69) is 37.2 Å². The summed E-state index contributed by atoms with van der Waals surface area (Å²) < 4.78 is 0.439. The van der Waals surface area contributed by atoms with Crippen molar-refractivity contribution in [2.75, 3.05) is 5.73 Å². The van der Waals surface area contributed by atoms with Gasteiger partial charge in [0.1, 0.15) is 5.52 Å². The lowest BCUT2D eigenvalue weighted by Crippen LogP contribution is -1.94. The third-order valence-corrected chi connectivity index (χ3v) is 1.62. The summed E-state index contributed by atoms with van der Waals surface area (Å²) in [4.78, 5) is 13.4. The largest absolute Gasteiger partial charge is 0.369 e. The molecule has 2 rings (SSSR count). The number of anilines is 1. The maximum atomic E-state index is 5.40. The quantitative estimate of drug-likeness (QED) is 0.405. The SMILES string of the molecule is NP=S.Nc1nc(=S)c2[nH]cnc2[nH]1. The van der Waals surface area contributed by atoms with E-state index in [1.54, 1.807) is 0 Å². The fraction of sp³-hybridized carbons (Fsp3) is 0. The molecule has 0 aliphatic carbocycles. The van der Waals surface area contributed by atoms with Crippen LogP contribution in [-0.4, -0.2) is 19.9 Å². The lowest BCUT2D eigenvalue weighted by atomic mass is 10.6. The van der Waals surface area contributed by atoms with Crippen molar-refractivity contribution in [3.05, 3.63) is 11.0 Å². The molecule has 0 fully saturated rings. The molecule has 0 atom stereocenters. The third kappa shape index (κ3) is 2.52. The summed E-state index contributed by atoms with van der Waals surface area (Å²) >= 11 is 9.06. The lowest BCUT2D eigenvalue weighted by Gasteiger charge is -1.91. The smallest absolute Gasteiger partial charge is 0.200 e. The summed E-state index contributed by atoms with van der Waals surface area (Å²) in [5, 5.41) is 0. The topological polar surface area (TPSA) is 109 Å². The number of nitrogens with two attached hydrogens (primary N) is 2. The van der Waals surface area contributed by atoms with Gasteiger partial charge in [0.05, 0.1) is 13.8 Å². The molecule has 0 bridgehead atoms. The molecule has 0 aliphatic rings. The monoisotopic (exact) mass is 246 g/mol. The van der Waals surface area contributed by atoms with Crippen molar-refractivity contribution >= 4 is 48.6 Å². The van der Waals surface area contributed by atoms with Gasteiger partial charge in [-0.2, -0.15) is 0 Å². The lowest BCUT2D eigenvalue weighted by molar-refractivity contribution is 1.20. The molecule has 9 heteroatoms. The third-order valence-electron chi connectivity index (χ3n) is 1.32. The minimum absolute atomic E-state index is 0.287. The van der Waals surface area contributed by atoms with Crippen LogP contribution in [0.2, 0.25) is 0 Å². The molecule has 2 aromatic heterocycles. The Kier molecular flexibility index (Phi) is 4.02. The fourth-order valence-electron chi connectivity index (χ4n) is 0.867. The van der Waals surface area contributed by atoms with Gasteiger partial charge in [-0.1, -0.05) is 12.2 Å². The number of fused-ring (bicyclic) bond motifs is 1. The number of aromatic amines is 2. The fourth-order valence-corrected chi connectivity index (χ4v) is 1.12. The number of nitrogens with zero attached hydrogens (tertiary/aromatic N) is 2. The molecular weight excluding hydrogens is 239 g/mol. The molecule has 0 aromatic carbocycles. The predicted molar refractivity (Wildman–Crippen MR) is 62.0 cm³/mol. The summed E-state index contributed by atoms with van der Waals surface area (Å²) in [6, 6.07) is 0. The van der Waals surface area contributed by atoms with Crippen LogP contribution in [0.1, 0.15) is 0 Å². The van der Waals surface area contributed by atoms with Gasteiger partial charge in [-0.15, -0.1) is 0 Å². The maximum absolute atomic E-state index is 5.40. The van der Waals surface area contributed by atoms with E-state index < -0.39 is 0 Å². The van der Waals surface area contributed by atoms with Gasteiger partial charge in [0.2, 0.25) is 5.95 Å². The van der Waals surface area contributed by atoms with Gasteiger partial charge in [0.15, 0.2) is 10.3 Å². The Balaban J connectivity index is 0.000000293. The van der Waals surface area contributed by atoms with E-state index in [9.17, 15) is 0 Å². The molecule has 0 saturated carbocycles. The second kappa shape index (κ2) is 5.06. The van der Waals surface area contributed by atoms with Crippen LogP contribution < -0.4 is 11.2 Å². The van der Waals surface area contributed by atoms with Gasteiger partial charge in [-0.3, -0.25) is 5.50 Å². The summed E-state index contributed by atoms with van der Waals surface area (Å²) in [7, 11) is 0.500. The Labute approximate surface area is 91.0 Å². The highest BCUT2D eigenvalue weighted by Gasteiger charge is 1.98. The predicted octanol–water partition coefficient (Wildman–Crippen LogP) is 0.866. The van der Waals surface area contributed by atoms with Gasteiger partial charge < -0.3 is 15.7 Å². The number of rotatable bonds is 0. The molecular formula is C5H7N6PS2. The number of hydrogen-bond donors (Lipinski definition) is 4. The molecule has 74 valence electrons. The molecule has 0 saturated heterocycles. The van der Waals surface area contributed by atoms with Crippen LogP contribution in [0.4, 0.5) is 5.95 Å². The van der Waals surface area contributed by atoms with E-state index in [0.717, 1.165) is 0 Å². The Morgan fingerprint density at radius 3 is 2.79 bits per heavy atom. The van der Waals surface area contributed by atoms with Crippen LogP contribution in [0.3, 0.4) is 0 Å². The van der Waals surface area contributed by atoms with Gasteiger partial charge >= 0.3 is 0 Å². The van der Waals surface area contributed by atoms with Crippen molar-refractivity contribution in [3.63, 3.8) is 0 Å². The van der Waals surface area contributed by atoms with Crippen molar-refractivity contribution in [1.82, 2.24) is 19.9 Å². The minimum Gasteiger partial charge on any atom is -0.369 e. The number of aromatic nitrogens is 4. The Morgan fingerprint density at radius 1 is 1.50 bits per heavy atom. The second-order valence-corrected chi connectivity index (χ2v) is 3.39. The molecule has 0 spiro atoms. The van der Waals surface area contributed by atoms with E-state index in [1.165, 1.54) is 6.33 Å². The van der Waals surface area contributed by atoms with Crippen molar-refractivity contribution in [1.29, 1.82) is 0 Å². The number of H-pyrrole nitrogens is 2. The number of nitrogen functional groups attached to an aromatic ring is 1. The Morgan fingerprint density at radius 2 is 2.14 bits per heavy atom. The van der Waals surface area contributed by atoms with E-state index in [1.807, 2.05) is 0 Å². The van der Waals surface area contributed by atoms with Crippen molar-refractivity contribution in [2.24, 2.45) is 5.50 Å². The van der Waals surface area contributed by atoms with E-state index in [0.29, 0.717) is 23.3 Å². The zero-order chi connectivity index (χ0) is 10.6. The van der Waals surface area contributed by atoms with Crippen molar-refractivity contribution in [2.45, 2.75) is 0 Å². The van der Waals surface area contributed by atoms with E-state index >= 15 is 0 Å². The highest BCUT2D eigenvalue weighted by molar-refractivity contribution is 7.95. The van der Waals surface area contributed by atoms with Crippen LogP contribution in [0.25, 0.3) is 11.2 Å². The molecule has 0 amide bonds. The summed E-state index contributed by atoms with van der Waals surface area (Å²) in [5.74, 6) is 0.287. The zero-order valence-electron chi connectivity index (χ0n) is 6.89. The van der Waals surface area contributed by atoms with Crippen LogP contribution in [0, 0.1) is 4.64 Å². The molecule has 6 N–H and O–H groups in total. The molecule has 6 nitrogen and oxygen atoms in total. The van der Waals surface area contributed by atoms with Crippen LogP contribution in [-0.2, 0) is 11.8 Å². The first-order valence-corrected chi connectivity index (χ1v) is 5.79. The number of imidazole rings is 1. The molecule has 2 heterocycles. The Hall–Kier alpha value is -0.950. The first-order valence-electron chi connectivity index (χ1n) is 3.40. The first-order chi connectivity index (χ1) is 6.69. The van der Waals surface area contributed by atoms with Crippen molar-refractivity contribution in [3.8, 4) is 0 Å². The molecule has 2 aromatic rings. The van der Waals surface area contributed by atoms with Crippen LogP contribution in [0.5, 0.6) is 0 Å². The standard InChI is InChI=1S/C5H5N5S.H2NPS/c6-5-9-3-2(4(11)10-5)7-1-8-3;1-2-3/h1H,(H4,6,7,8,9,10,11);(H2,1,3). The highest BCUT2D eigenvalue weighted by Crippen LogP contribution is 2.06. The van der Waals surface area contributed by atoms with Gasteiger partial charge in [-0.25, -0.2) is 9.97 Å². The normalized spacial score (nSPS) is 9.79. The first kappa shape index (κ1) is 11.1. The number of nitrogens with one attached hydrogen (secondary N) is 2. The highest BCUT2D eigenvalue weighted by atomic mass is 32.4. The average molecular weight is 246 g/mol. The Bertz CT molecular complexity index is 490. The molecule has 0 unspecified atom stereocenters. The minimum atomic E-state index is 0.287. The summed E-state index contributed by atoms with van der Waals surface area (Å²) in [6.07, 6.45) is 1.54. The molecule has 14 heavy (non-hydrogen) atoms. The van der Waals surface area contributed by atoms with E-state index in [-0.39, 0.29) is 5.95 Å². The molecule has 0 aliphatic heterocycles. The van der Waals surface area contributed by atoms with E-state index in [4.69, 9.17) is 18.0 Å². The summed E-state index contributed by atoms with van der Waals surface area (Å²) in [6.45, 7) is 0. The second-order valence-electron chi connectivity index (χ2n) is 2.16. The number of hydrogen-bond acceptors (Lipinski definition) is 5. The van der Waals surface area contributed by atoms with Crippen molar-refractivity contribution < 1.29 is 0 Å².